The summed E-state index contributed by atoms with van der Waals surface area (Å²) in [5, 5.41) is 8.47. The molecule has 0 radical (unpaired) electrons. The fourth-order valence-corrected chi connectivity index (χ4v) is 1.14. The van der Waals surface area contributed by atoms with Crippen molar-refractivity contribution in [3.05, 3.63) is 0 Å². The maximum Gasteiger partial charge on any atom is 0.305 e. The van der Waals surface area contributed by atoms with Crippen molar-refractivity contribution in [2.75, 3.05) is 20.3 Å². The standard InChI is InChI=1S/C11H20O5/c1-15-10(13)6-3-2-4-7-11(14)16-9-5-8-12/h12H,2-9H2,1H3. The number of hydrogen-bond acceptors (Lipinski definition) is 5. The van der Waals surface area contributed by atoms with Crippen LogP contribution in [0.4, 0.5) is 0 Å². The molecule has 0 aliphatic heterocycles. The second-order valence-corrected chi connectivity index (χ2v) is 3.43. The molecule has 0 aromatic rings. The van der Waals surface area contributed by atoms with Gasteiger partial charge in [0.25, 0.3) is 0 Å². The highest BCUT2D eigenvalue weighted by molar-refractivity contribution is 5.69. The van der Waals surface area contributed by atoms with Gasteiger partial charge in [0, 0.05) is 25.9 Å². The van der Waals surface area contributed by atoms with Gasteiger partial charge in [0.15, 0.2) is 0 Å². The average Bonchev–Trinajstić information content (AvgIpc) is 2.28. The Labute approximate surface area is 95.7 Å². The van der Waals surface area contributed by atoms with Crippen molar-refractivity contribution in [2.45, 2.75) is 38.5 Å². The van der Waals surface area contributed by atoms with Crippen molar-refractivity contribution in [1.82, 2.24) is 0 Å². The Kier molecular flexibility index (Phi) is 9.70. The summed E-state index contributed by atoms with van der Waals surface area (Å²) >= 11 is 0. The predicted molar refractivity (Wildman–Crippen MR) is 57.8 cm³/mol. The van der Waals surface area contributed by atoms with E-state index in [2.05, 4.69) is 4.74 Å². The summed E-state index contributed by atoms with van der Waals surface area (Å²) in [4.78, 5) is 21.8. The summed E-state index contributed by atoms with van der Waals surface area (Å²) < 4.78 is 9.33. The summed E-state index contributed by atoms with van der Waals surface area (Å²) in [5.41, 5.74) is 0. The van der Waals surface area contributed by atoms with Gasteiger partial charge in [0.05, 0.1) is 13.7 Å². The monoisotopic (exact) mass is 232 g/mol. The van der Waals surface area contributed by atoms with E-state index >= 15 is 0 Å². The molecule has 0 saturated heterocycles. The molecule has 5 heteroatoms. The minimum Gasteiger partial charge on any atom is -0.469 e. The number of hydrogen-bond donors (Lipinski definition) is 1. The molecule has 0 aliphatic rings. The lowest BCUT2D eigenvalue weighted by molar-refractivity contribution is -0.144. The van der Waals surface area contributed by atoms with Crippen LogP contribution in [0.15, 0.2) is 0 Å². The molecule has 0 bridgehead atoms. The van der Waals surface area contributed by atoms with Crippen molar-refractivity contribution in [2.24, 2.45) is 0 Å². The molecule has 5 nitrogen and oxygen atoms in total. The van der Waals surface area contributed by atoms with E-state index in [4.69, 9.17) is 9.84 Å². The van der Waals surface area contributed by atoms with Gasteiger partial charge in [-0.1, -0.05) is 6.42 Å². The third-order valence-electron chi connectivity index (χ3n) is 2.05. The second kappa shape index (κ2) is 10.4. The first-order chi connectivity index (χ1) is 7.70. The Morgan fingerprint density at radius 1 is 1.00 bits per heavy atom. The Morgan fingerprint density at radius 3 is 2.19 bits per heavy atom. The van der Waals surface area contributed by atoms with E-state index in [1.807, 2.05) is 0 Å². The number of esters is 2. The van der Waals surface area contributed by atoms with Crippen LogP contribution >= 0.6 is 0 Å². The van der Waals surface area contributed by atoms with E-state index in [-0.39, 0.29) is 25.2 Å². The van der Waals surface area contributed by atoms with Crippen LogP contribution in [-0.4, -0.2) is 37.4 Å². The van der Waals surface area contributed by atoms with E-state index in [1.165, 1.54) is 7.11 Å². The lowest BCUT2D eigenvalue weighted by atomic mass is 10.1. The number of aliphatic hydroxyl groups is 1. The summed E-state index contributed by atoms with van der Waals surface area (Å²) in [6.45, 7) is 0.309. The number of carbonyl (C=O) groups is 2. The van der Waals surface area contributed by atoms with Crippen LogP contribution in [-0.2, 0) is 19.1 Å². The SMILES string of the molecule is COC(=O)CCCCCC(=O)OCCCO. The molecule has 0 rings (SSSR count). The molecular formula is C11H20O5. The predicted octanol–water partition coefficient (Wildman–Crippen LogP) is 1.04. The summed E-state index contributed by atoms with van der Waals surface area (Å²) in [6.07, 6.45) is 3.51. The maximum atomic E-state index is 11.1. The van der Waals surface area contributed by atoms with Crippen LogP contribution in [0.2, 0.25) is 0 Å². The quantitative estimate of drug-likeness (QED) is 0.475. The molecule has 0 fully saturated rings. The molecule has 0 atom stereocenters. The van der Waals surface area contributed by atoms with Gasteiger partial charge in [-0.05, 0) is 12.8 Å². The first-order valence-corrected chi connectivity index (χ1v) is 5.54. The molecular weight excluding hydrogens is 212 g/mol. The molecule has 0 aliphatic carbocycles. The highest BCUT2D eigenvalue weighted by atomic mass is 16.5. The van der Waals surface area contributed by atoms with Crippen LogP contribution in [0, 0.1) is 0 Å². The molecule has 16 heavy (non-hydrogen) atoms. The summed E-state index contributed by atoms with van der Waals surface area (Å²) in [7, 11) is 1.36. The van der Waals surface area contributed by atoms with Crippen LogP contribution in [0.25, 0.3) is 0 Å². The maximum absolute atomic E-state index is 11.1. The third kappa shape index (κ3) is 9.45. The van der Waals surface area contributed by atoms with Gasteiger partial charge in [-0.3, -0.25) is 9.59 Å². The van der Waals surface area contributed by atoms with E-state index < -0.39 is 0 Å². The van der Waals surface area contributed by atoms with Gasteiger partial charge in [-0.25, -0.2) is 0 Å². The minimum atomic E-state index is -0.244. The van der Waals surface area contributed by atoms with Gasteiger partial charge in [-0.15, -0.1) is 0 Å². The zero-order chi connectivity index (χ0) is 12.2. The lowest BCUT2D eigenvalue weighted by Gasteiger charge is -2.03. The van der Waals surface area contributed by atoms with Gasteiger partial charge >= 0.3 is 11.9 Å². The molecule has 0 aromatic heterocycles. The van der Waals surface area contributed by atoms with Crippen molar-refractivity contribution in [3.63, 3.8) is 0 Å². The van der Waals surface area contributed by atoms with Crippen LogP contribution in [0.3, 0.4) is 0 Å². The van der Waals surface area contributed by atoms with E-state index in [9.17, 15) is 9.59 Å². The first kappa shape index (κ1) is 14.9. The molecule has 0 unspecified atom stereocenters. The van der Waals surface area contributed by atoms with Crippen molar-refractivity contribution < 1.29 is 24.2 Å². The Hall–Kier alpha value is -1.10. The highest BCUT2D eigenvalue weighted by Crippen LogP contribution is 2.04. The van der Waals surface area contributed by atoms with Gasteiger partial charge in [0.2, 0.25) is 0 Å². The number of aliphatic hydroxyl groups excluding tert-OH is 1. The first-order valence-electron chi connectivity index (χ1n) is 5.54. The minimum absolute atomic E-state index is 0.0341. The topological polar surface area (TPSA) is 72.8 Å². The normalized spacial score (nSPS) is 9.88. The van der Waals surface area contributed by atoms with Crippen molar-refractivity contribution in [1.29, 1.82) is 0 Å². The van der Waals surface area contributed by atoms with Crippen molar-refractivity contribution in [3.8, 4) is 0 Å². The smallest absolute Gasteiger partial charge is 0.305 e. The van der Waals surface area contributed by atoms with Crippen LogP contribution in [0.1, 0.15) is 38.5 Å². The number of methoxy groups -OCH3 is 1. The van der Waals surface area contributed by atoms with E-state index in [0.29, 0.717) is 19.3 Å². The zero-order valence-electron chi connectivity index (χ0n) is 9.74. The lowest BCUT2D eigenvalue weighted by Crippen LogP contribution is -2.06. The average molecular weight is 232 g/mol. The Morgan fingerprint density at radius 2 is 1.62 bits per heavy atom. The molecule has 0 heterocycles. The highest BCUT2D eigenvalue weighted by Gasteiger charge is 2.03. The van der Waals surface area contributed by atoms with Gasteiger partial charge < -0.3 is 14.6 Å². The van der Waals surface area contributed by atoms with Crippen LogP contribution in [0.5, 0.6) is 0 Å². The van der Waals surface area contributed by atoms with E-state index in [0.717, 1.165) is 19.3 Å². The zero-order valence-corrected chi connectivity index (χ0v) is 9.74. The van der Waals surface area contributed by atoms with Crippen molar-refractivity contribution >= 4 is 11.9 Å². The second-order valence-electron chi connectivity index (χ2n) is 3.43. The Bertz CT molecular complexity index is 203. The fourth-order valence-electron chi connectivity index (χ4n) is 1.14. The molecule has 0 amide bonds. The van der Waals surface area contributed by atoms with Gasteiger partial charge in [0.1, 0.15) is 0 Å². The third-order valence-corrected chi connectivity index (χ3v) is 2.05. The number of rotatable bonds is 9. The van der Waals surface area contributed by atoms with E-state index in [1.54, 1.807) is 0 Å². The summed E-state index contributed by atoms with van der Waals surface area (Å²) in [5.74, 6) is -0.461. The molecule has 0 saturated carbocycles. The summed E-state index contributed by atoms with van der Waals surface area (Å²) in [6, 6.07) is 0. The number of unbranched alkanes of at least 4 members (excludes halogenated alkanes) is 2. The Balaban J connectivity index is 3.24. The largest absolute Gasteiger partial charge is 0.469 e. The van der Waals surface area contributed by atoms with Crippen LogP contribution < -0.4 is 0 Å². The molecule has 0 aromatic carbocycles. The number of carbonyl (C=O) groups excluding carboxylic acids is 2. The molecule has 0 spiro atoms. The van der Waals surface area contributed by atoms with Gasteiger partial charge in [-0.2, -0.15) is 0 Å². The fraction of sp³-hybridized carbons (Fsp3) is 0.818. The number of ether oxygens (including phenoxy) is 2. The molecule has 1 N–H and O–H groups in total. The molecule has 94 valence electrons.